The van der Waals surface area contributed by atoms with Crippen LogP contribution in [0.4, 0.5) is 0 Å². The number of unbranched alkanes of at least 4 members (excludes halogenated alkanes) is 1. The van der Waals surface area contributed by atoms with E-state index in [1.165, 1.54) is 5.56 Å². The van der Waals surface area contributed by atoms with E-state index in [1.54, 1.807) is 0 Å². The van der Waals surface area contributed by atoms with Gasteiger partial charge in [0.05, 0.1) is 0 Å². The van der Waals surface area contributed by atoms with Gasteiger partial charge in [0.1, 0.15) is 11.5 Å². The summed E-state index contributed by atoms with van der Waals surface area (Å²) in [4.78, 5) is 11.5. The zero-order chi connectivity index (χ0) is 15.8. The van der Waals surface area contributed by atoms with Gasteiger partial charge in [0.2, 0.25) is 0 Å². The Balaban J connectivity index is 0.00000264. The molecule has 0 radical (unpaired) electrons. The monoisotopic (exact) mass is 374 g/mol. The van der Waals surface area contributed by atoms with Crippen LogP contribution in [0.2, 0.25) is 0 Å². The molecule has 0 spiro atoms. The molecular weight excluding hydrogens is 353 g/mol. The molecule has 0 fully saturated rings. The zero-order valence-corrected chi connectivity index (χ0v) is 18.7. The molecule has 0 bridgehead atoms. The minimum atomic E-state index is -3.16. The van der Waals surface area contributed by atoms with Gasteiger partial charge in [-0.05, 0) is 55.3 Å². The molecule has 6 heteroatoms. The third kappa shape index (κ3) is 8.42. The molecular formula is C17H21KO3P2. The molecule has 0 saturated heterocycles. The number of para-hydroxylation sites is 1. The number of aryl methyl sites for hydroxylation is 1. The van der Waals surface area contributed by atoms with Gasteiger partial charge in [-0.2, -0.15) is 0 Å². The summed E-state index contributed by atoms with van der Waals surface area (Å²) in [6.07, 6.45) is 2.73. The fraction of sp³-hybridized carbons (Fsp3) is 0.294. The number of ether oxygens (including phenoxy) is 1. The summed E-state index contributed by atoms with van der Waals surface area (Å²) in [5.41, 5.74) is 1.17. The molecule has 23 heavy (non-hydrogen) atoms. The van der Waals surface area contributed by atoms with E-state index in [-0.39, 0.29) is 63.4 Å². The molecule has 2 atom stereocenters. The van der Waals surface area contributed by atoms with Gasteiger partial charge in [-0.15, -0.1) is 9.24 Å². The van der Waals surface area contributed by atoms with Crippen molar-refractivity contribution in [2.75, 3.05) is 12.1 Å². The topological polar surface area (TPSA) is 49.4 Å². The van der Waals surface area contributed by atoms with E-state index >= 15 is 0 Å². The Bertz CT molecular complexity index is 635. The van der Waals surface area contributed by atoms with Gasteiger partial charge in [0.25, 0.3) is 0 Å². The van der Waals surface area contributed by atoms with Crippen molar-refractivity contribution < 1.29 is 65.6 Å². The maximum absolute atomic E-state index is 11.5. The number of hydrogen-bond donors (Lipinski definition) is 0. The minimum absolute atomic E-state index is 0. The van der Waals surface area contributed by atoms with Crippen molar-refractivity contribution in [3.8, 4) is 11.5 Å². The van der Waals surface area contributed by atoms with Crippen molar-refractivity contribution in [1.29, 1.82) is 0 Å². The van der Waals surface area contributed by atoms with E-state index in [2.05, 4.69) is 9.24 Å². The maximum Gasteiger partial charge on any atom is 1.00 e. The third-order valence-electron chi connectivity index (χ3n) is 3.37. The van der Waals surface area contributed by atoms with Gasteiger partial charge < -0.3 is 14.2 Å². The first-order valence-corrected chi connectivity index (χ1v) is 10.2. The van der Waals surface area contributed by atoms with E-state index in [9.17, 15) is 9.46 Å². The molecule has 0 heterocycles. The second-order valence-electron chi connectivity index (χ2n) is 5.24. The van der Waals surface area contributed by atoms with Crippen LogP contribution in [0.3, 0.4) is 0 Å². The van der Waals surface area contributed by atoms with Gasteiger partial charge in [-0.3, -0.25) is 0 Å². The van der Waals surface area contributed by atoms with E-state index in [4.69, 9.17) is 4.74 Å². The van der Waals surface area contributed by atoms with E-state index in [0.29, 0.717) is 6.42 Å². The molecule has 0 aliphatic heterocycles. The van der Waals surface area contributed by atoms with Gasteiger partial charge >= 0.3 is 51.4 Å². The van der Waals surface area contributed by atoms with E-state index in [0.717, 1.165) is 24.3 Å². The molecule has 0 N–H and O–H groups in total. The first-order chi connectivity index (χ1) is 10.6. The summed E-state index contributed by atoms with van der Waals surface area (Å²) in [6.45, 7) is 0. The first kappa shape index (κ1) is 21.5. The van der Waals surface area contributed by atoms with Gasteiger partial charge in [0, 0.05) is 13.3 Å². The molecule has 0 saturated carbocycles. The molecule has 3 nitrogen and oxygen atoms in total. The Morgan fingerprint density at radius 2 is 1.70 bits per heavy atom. The number of benzene rings is 2. The van der Waals surface area contributed by atoms with E-state index < -0.39 is 7.37 Å². The minimum Gasteiger partial charge on any atom is -0.799 e. The van der Waals surface area contributed by atoms with Crippen molar-refractivity contribution in [2.24, 2.45) is 0 Å². The summed E-state index contributed by atoms with van der Waals surface area (Å²) in [5.74, 6) is 1.79. The maximum atomic E-state index is 11.5. The molecule has 0 aliphatic carbocycles. The Hall–Kier alpha value is 0.496. The third-order valence-corrected chi connectivity index (χ3v) is 6.59. The van der Waals surface area contributed by atoms with Crippen LogP contribution in [-0.4, -0.2) is 12.1 Å². The average Bonchev–Trinajstić information content (AvgIpc) is 2.53. The molecule has 118 valence electrons. The standard InChI is InChI=1S/C17H22O3P2.K/c18-22(19,14-21)12-5-4-7-15-8-6-11-17(13-15)20-16-9-2-1-3-10-16;/h1-3,6,8-11,13H,4-5,7,12,14,21H2,(H,18,19);/q;+1/p-1. The summed E-state index contributed by atoms with van der Waals surface area (Å²) in [7, 11) is -0.873. The molecule has 2 aromatic carbocycles. The Morgan fingerprint density at radius 1 is 1.00 bits per heavy atom. The van der Waals surface area contributed by atoms with Gasteiger partial charge in [-0.25, -0.2) is 0 Å². The van der Waals surface area contributed by atoms with Crippen molar-refractivity contribution in [2.45, 2.75) is 19.3 Å². The largest absolute Gasteiger partial charge is 1.00 e. The Labute approximate surface area is 183 Å². The summed E-state index contributed by atoms with van der Waals surface area (Å²) in [5, 5.41) is 0. The van der Waals surface area contributed by atoms with Crippen molar-refractivity contribution in [3.63, 3.8) is 0 Å². The van der Waals surface area contributed by atoms with Gasteiger partial charge in [0.15, 0.2) is 0 Å². The fourth-order valence-electron chi connectivity index (χ4n) is 2.16. The average molecular weight is 374 g/mol. The van der Waals surface area contributed by atoms with Crippen LogP contribution < -0.4 is 61.0 Å². The SMILES string of the molecule is O=P([O-])(CP)CCCCc1cccc(Oc2ccccc2)c1.[K+]. The predicted molar refractivity (Wildman–Crippen MR) is 92.9 cm³/mol. The normalized spacial score (nSPS) is 13.0. The summed E-state index contributed by atoms with van der Waals surface area (Å²) in [6, 6.07) is 17.6. The molecule has 0 amide bonds. The fourth-order valence-corrected chi connectivity index (χ4v) is 3.60. The van der Waals surface area contributed by atoms with Crippen molar-refractivity contribution in [3.05, 3.63) is 60.2 Å². The van der Waals surface area contributed by atoms with Crippen molar-refractivity contribution in [1.82, 2.24) is 0 Å². The second kappa shape index (κ2) is 11.2. The van der Waals surface area contributed by atoms with E-state index in [1.807, 2.05) is 54.6 Å². The first-order valence-electron chi connectivity index (χ1n) is 7.40. The molecule has 0 aliphatic rings. The van der Waals surface area contributed by atoms with Crippen LogP contribution >= 0.6 is 16.6 Å². The Kier molecular flexibility index (Phi) is 10.5. The Morgan fingerprint density at radius 3 is 2.39 bits per heavy atom. The van der Waals surface area contributed by atoms with Gasteiger partial charge in [-0.1, -0.05) is 30.3 Å². The van der Waals surface area contributed by atoms with Crippen LogP contribution in [0.5, 0.6) is 11.5 Å². The van der Waals surface area contributed by atoms with Crippen molar-refractivity contribution >= 4 is 16.6 Å². The van der Waals surface area contributed by atoms with Crippen LogP contribution in [0.1, 0.15) is 18.4 Å². The zero-order valence-electron chi connectivity index (χ0n) is 13.5. The molecule has 2 rings (SSSR count). The number of hydrogen-bond acceptors (Lipinski definition) is 3. The molecule has 2 aromatic rings. The van der Waals surface area contributed by atoms with Crippen LogP contribution in [0.25, 0.3) is 0 Å². The van der Waals surface area contributed by atoms with Crippen LogP contribution in [0, 0.1) is 0 Å². The number of rotatable bonds is 8. The summed E-state index contributed by atoms with van der Waals surface area (Å²) >= 11 is 0. The smallest absolute Gasteiger partial charge is 0.799 e. The predicted octanol–water partition coefficient (Wildman–Crippen LogP) is 1.28. The van der Waals surface area contributed by atoms with Crippen LogP contribution in [0.15, 0.2) is 54.6 Å². The second-order valence-corrected chi connectivity index (χ2v) is 8.78. The summed E-state index contributed by atoms with van der Waals surface area (Å²) < 4.78 is 17.3. The van der Waals surface area contributed by atoms with Crippen LogP contribution in [-0.2, 0) is 11.0 Å². The quantitative estimate of drug-likeness (QED) is 0.397. The molecule has 0 aromatic heterocycles. The molecule has 2 unspecified atom stereocenters.